The van der Waals surface area contributed by atoms with E-state index in [2.05, 4.69) is 17.0 Å². The van der Waals surface area contributed by atoms with E-state index in [1.165, 1.54) is 18.2 Å². The molecule has 0 spiro atoms. The second kappa shape index (κ2) is 8.44. The van der Waals surface area contributed by atoms with Crippen LogP contribution < -0.4 is 10.1 Å². The zero-order chi connectivity index (χ0) is 17.5. The average Bonchev–Trinajstić information content (AvgIpc) is 2.55. The highest BCUT2D eigenvalue weighted by Gasteiger charge is 2.24. The number of hydrogen-bond donors (Lipinski definition) is 1. The predicted octanol–water partition coefficient (Wildman–Crippen LogP) is 3.89. The van der Waals surface area contributed by atoms with Crippen LogP contribution in [0.15, 0.2) is 29.8 Å². The van der Waals surface area contributed by atoms with E-state index in [1.807, 2.05) is 6.07 Å². The number of carbonyl (C=O) groups is 1. The summed E-state index contributed by atoms with van der Waals surface area (Å²) in [6.07, 6.45) is 5.40. The lowest BCUT2D eigenvalue weighted by molar-refractivity contribution is -0.118. The number of nitrogens with one attached hydrogen (secondary N) is 1. The quantitative estimate of drug-likeness (QED) is 0.656. The fraction of sp³-hybridized carbons (Fsp3) is 0.444. The Bertz CT molecular complexity index is 653. The summed E-state index contributed by atoms with van der Waals surface area (Å²) < 4.78 is 29.3. The molecule has 2 rings (SSSR count). The van der Waals surface area contributed by atoms with Crippen molar-refractivity contribution in [3.63, 3.8) is 0 Å². The van der Waals surface area contributed by atoms with Crippen molar-refractivity contribution in [2.45, 2.75) is 45.3 Å². The molecule has 4 nitrogen and oxygen atoms in total. The Balaban J connectivity index is 2.17. The van der Waals surface area contributed by atoms with E-state index in [-0.39, 0.29) is 22.9 Å². The highest BCUT2D eigenvalue weighted by Crippen LogP contribution is 2.25. The first-order chi connectivity index (χ1) is 11.5. The SMILES string of the molecule is C[C@H]1CCCC[C@@H]1NC(=O)/C(C#N)=C/c1ccccc1OC(F)F. The summed E-state index contributed by atoms with van der Waals surface area (Å²) in [6.45, 7) is -0.895. The maximum atomic E-state index is 12.4. The highest BCUT2D eigenvalue weighted by atomic mass is 19.3. The number of nitriles is 1. The molecule has 1 N–H and O–H groups in total. The van der Waals surface area contributed by atoms with Crippen LogP contribution in [0.1, 0.15) is 38.2 Å². The Labute approximate surface area is 140 Å². The summed E-state index contributed by atoms with van der Waals surface area (Å²) >= 11 is 0. The van der Waals surface area contributed by atoms with Gasteiger partial charge in [0.2, 0.25) is 0 Å². The molecular weight excluding hydrogens is 314 g/mol. The maximum Gasteiger partial charge on any atom is 0.387 e. The van der Waals surface area contributed by atoms with E-state index in [1.54, 1.807) is 12.1 Å². The Morgan fingerprint density at radius 2 is 2.08 bits per heavy atom. The normalized spacial score (nSPS) is 21.2. The van der Waals surface area contributed by atoms with E-state index in [4.69, 9.17) is 0 Å². The van der Waals surface area contributed by atoms with Crippen molar-refractivity contribution in [2.24, 2.45) is 5.92 Å². The van der Waals surface area contributed by atoms with Crippen molar-refractivity contribution in [2.75, 3.05) is 0 Å². The number of carbonyl (C=O) groups excluding carboxylic acids is 1. The average molecular weight is 334 g/mol. The molecule has 0 aromatic heterocycles. The van der Waals surface area contributed by atoms with Gasteiger partial charge in [0, 0.05) is 11.6 Å². The van der Waals surface area contributed by atoms with Crippen LogP contribution in [-0.4, -0.2) is 18.6 Å². The molecule has 0 radical (unpaired) electrons. The number of rotatable bonds is 5. The van der Waals surface area contributed by atoms with E-state index in [0.29, 0.717) is 5.92 Å². The summed E-state index contributed by atoms with van der Waals surface area (Å²) in [4.78, 5) is 12.3. The molecule has 1 aliphatic carbocycles. The molecule has 2 atom stereocenters. The molecule has 1 aromatic carbocycles. The monoisotopic (exact) mass is 334 g/mol. The number of alkyl halides is 2. The lowest BCUT2D eigenvalue weighted by Crippen LogP contribution is -2.41. The second-order valence-corrected chi connectivity index (χ2v) is 5.93. The minimum absolute atomic E-state index is 0.0376. The molecule has 1 aliphatic rings. The first kappa shape index (κ1) is 17.9. The van der Waals surface area contributed by atoms with Crippen LogP contribution in [0.4, 0.5) is 8.78 Å². The van der Waals surface area contributed by atoms with Crippen LogP contribution in [-0.2, 0) is 4.79 Å². The third-order valence-corrected chi connectivity index (χ3v) is 4.23. The minimum atomic E-state index is -2.97. The summed E-state index contributed by atoms with van der Waals surface area (Å²) in [7, 11) is 0. The van der Waals surface area contributed by atoms with Crippen LogP contribution in [0.5, 0.6) is 5.75 Å². The molecule has 0 saturated heterocycles. The van der Waals surface area contributed by atoms with Gasteiger partial charge in [0.15, 0.2) is 0 Å². The van der Waals surface area contributed by atoms with Gasteiger partial charge >= 0.3 is 6.61 Å². The van der Waals surface area contributed by atoms with Crippen molar-refractivity contribution in [1.29, 1.82) is 5.26 Å². The van der Waals surface area contributed by atoms with Gasteiger partial charge in [-0.25, -0.2) is 0 Å². The molecule has 6 heteroatoms. The lowest BCUT2D eigenvalue weighted by atomic mass is 9.86. The van der Waals surface area contributed by atoms with E-state index in [0.717, 1.165) is 25.7 Å². The van der Waals surface area contributed by atoms with Gasteiger partial charge in [0.25, 0.3) is 5.91 Å². The maximum absolute atomic E-state index is 12.4. The first-order valence-electron chi connectivity index (χ1n) is 7.97. The Hall–Kier alpha value is -2.42. The Kier molecular flexibility index (Phi) is 6.30. The van der Waals surface area contributed by atoms with Gasteiger partial charge < -0.3 is 10.1 Å². The first-order valence-corrected chi connectivity index (χ1v) is 7.97. The van der Waals surface area contributed by atoms with Gasteiger partial charge in [0.1, 0.15) is 17.4 Å². The van der Waals surface area contributed by atoms with Crippen molar-refractivity contribution >= 4 is 12.0 Å². The van der Waals surface area contributed by atoms with Gasteiger partial charge in [-0.1, -0.05) is 38.0 Å². The van der Waals surface area contributed by atoms with E-state index >= 15 is 0 Å². The minimum Gasteiger partial charge on any atom is -0.434 e. The summed E-state index contributed by atoms with van der Waals surface area (Å²) in [5.41, 5.74) is 0.138. The fourth-order valence-electron chi connectivity index (χ4n) is 2.88. The third-order valence-electron chi connectivity index (χ3n) is 4.23. The molecular formula is C18H20F2N2O2. The molecule has 0 heterocycles. The molecule has 24 heavy (non-hydrogen) atoms. The molecule has 1 fully saturated rings. The number of nitrogens with zero attached hydrogens (tertiary/aromatic N) is 1. The Morgan fingerprint density at radius 3 is 2.75 bits per heavy atom. The molecule has 1 aromatic rings. The fourth-order valence-corrected chi connectivity index (χ4v) is 2.88. The second-order valence-electron chi connectivity index (χ2n) is 5.93. The van der Waals surface area contributed by atoms with Crippen LogP contribution >= 0.6 is 0 Å². The Morgan fingerprint density at radius 1 is 1.38 bits per heavy atom. The number of benzene rings is 1. The molecule has 0 aliphatic heterocycles. The smallest absolute Gasteiger partial charge is 0.387 e. The summed E-state index contributed by atoms with van der Waals surface area (Å²) in [6, 6.07) is 7.94. The van der Waals surface area contributed by atoms with Crippen molar-refractivity contribution < 1.29 is 18.3 Å². The van der Waals surface area contributed by atoms with Crippen LogP contribution in [0.2, 0.25) is 0 Å². The van der Waals surface area contributed by atoms with Gasteiger partial charge in [-0.05, 0) is 30.9 Å². The topological polar surface area (TPSA) is 62.1 Å². The van der Waals surface area contributed by atoms with Gasteiger partial charge in [-0.3, -0.25) is 4.79 Å². The largest absolute Gasteiger partial charge is 0.434 e. The van der Waals surface area contributed by atoms with Crippen molar-refractivity contribution in [1.82, 2.24) is 5.32 Å². The summed E-state index contributed by atoms with van der Waals surface area (Å²) in [5.74, 6) is -0.195. The third kappa shape index (κ3) is 4.79. The standard InChI is InChI=1S/C18H20F2N2O2/c1-12-6-2-4-8-15(12)22-17(23)14(11-21)10-13-7-3-5-9-16(13)24-18(19)20/h3,5,7,9-10,12,15,18H,2,4,6,8H2,1H3,(H,22,23)/b14-10+/t12-,15-/m0/s1. The van der Waals surface area contributed by atoms with Crippen LogP contribution in [0.25, 0.3) is 6.08 Å². The number of para-hydroxylation sites is 1. The molecule has 1 saturated carbocycles. The van der Waals surface area contributed by atoms with Crippen LogP contribution in [0, 0.1) is 17.2 Å². The van der Waals surface area contributed by atoms with Gasteiger partial charge in [-0.2, -0.15) is 14.0 Å². The molecule has 0 bridgehead atoms. The predicted molar refractivity (Wildman–Crippen MR) is 86.2 cm³/mol. The van der Waals surface area contributed by atoms with E-state index < -0.39 is 12.5 Å². The number of amides is 1. The summed E-state index contributed by atoms with van der Waals surface area (Å²) in [5, 5.41) is 12.1. The highest BCUT2D eigenvalue weighted by molar-refractivity contribution is 6.02. The zero-order valence-corrected chi connectivity index (χ0v) is 13.5. The van der Waals surface area contributed by atoms with Crippen LogP contribution in [0.3, 0.4) is 0 Å². The van der Waals surface area contributed by atoms with Gasteiger partial charge in [0.05, 0.1) is 0 Å². The molecule has 0 unspecified atom stereocenters. The van der Waals surface area contributed by atoms with E-state index in [9.17, 15) is 18.8 Å². The van der Waals surface area contributed by atoms with Gasteiger partial charge in [-0.15, -0.1) is 0 Å². The molecule has 1 amide bonds. The number of halogens is 2. The van der Waals surface area contributed by atoms with Crippen molar-refractivity contribution in [3.05, 3.63) is 35.4 Å². The zero-order valence-electron chi connectivity index (χ0n) is 13.5. The lowest BCUT2D eigenvalue weighted by Gasteiger charge is -2.29. The van der Waals surface area contributed by atoms with Crippen molar-refractivity contribution in [3.8, 4) is 11.8 Å². The molecule has 128 valence electrons. The number of hydrogen-bond acceptors (Lipinski definition) is 3. The number of ether oxygens (including phenoxy) is 1.